The molecule has 0 saturated carbocycles. The largest absolute Gasteiger partial charge is 0.490 e. The Morgan fingerprint density at radius 2 is 1.89 bits per heavy atom. The molecule has 0 saturated heterocycles. The molecule has 0 spiro atoms. The van der Waals surface area contributed by atoms with Gasteiger partial charge in [-0.05, 0) is 50.6 Å². The minimum atomic E-state index is -0.525. The number of nitrogens with one attached hydrogen (secondary N) is 1. The maximum Gasteiger partial charge on any atom is 0.273 e. The molecule has 1 amide bonds. The van der Waals surface area contributed by atoms with Crippen molar-refractivity contribution in [1.29, 1.82) is 0 Å². The van der Waals surface area contributed by atoms with Crippen LogP contribution in [-0.4, -0.2) is 30.3 Å². The number of hydrogen-bond acceptors (Lipinski definition) is 6. The van der Waals surface area contributed by atoms with E-state index in [0.717, 1.165) is 0 Å². The summed E-state index contributed by atoms with van der Waals surface area (Å²) in [5.74, 6) is 0.695. The topological polar surface area (TPSA) is 103 Å². The van der Waals surface area contributed by atoms with E-state index in [1.165, 1.54) is 31.3 Å². The number of hydrazone groups is 1. The smallest absolute Gasteiger partial charge is 0.273 e. The van der Waals surface area contributed by atoms with E-state index in [2.05, 4.69) is 10.5 Å². The van der Waals surface area contributed by atoms with Crippen molar-refractivity contribution in [1.82, 2.24) is 5.43 Å². The highest BCUT2D eigenvalue weighted by Gasteiger charge is 2.17. The van der Waals surface area contributed by atoms with Crippen LogP contribution in [0.15, 0.2) is 41.5 Å². The van der Waals surface area contributed by atoms with Crippen LogP contribution in [0.3, 0.4) is 0 Å². The number of nitrogens with zero attached hydrogens (tertiary/aromatic N) is 2. The Bertz CT molecular complexity index is 864. The number of nitro benzene ring substituents is 1. The lowest BCUT2D eigenvalue weighted by Crippen LogP contribution is -2.19. The average Bonchev–Trinajstić information content (AvgIpc) is 2.64. The Morgan fingerprint density at radius 3 is 2.56 bits per heavy atom. The Kier molecular flexibility index (Phi) is 6.87. The van der Waals surface area contributed by atoms with Crippen molar-refractivity contribution >= 4 is 17.8 Å². The molecule has 0 fully saturated rings. The molecule has 0 unspecified atom stereocenters. The first kappa shape index (κ1) is 19.9. The molecule has 1 N–H and O–H groups in total. The van der Waals surface area contributed by atoms with E-state index in [9.17, 15) is 14.9 Å². The fraction of sp³-hybridized carbons (Fsp3) is 0.263. The number of ether oxygens (including phenoxy) is 2. The van der Waals surface area contributed by atoms with Gasteiger partial charge in [-0.25, -0.2) is 5.43 Å². The first-order valence-corrected chi connectivity index (χ1v) is 8.45. The third-order valence-corrected chi connectivity index (χ3v) is 3.69. The molecule has 0 aliphatic heterocycles. The van der Waals surface area contributed by atoms with Gasteiger partial charge in [0.25, 0.3) is 11.6 Å². The minimum absolute atomic E-state index is 0.112. The summed E-state index contributed by atoms with van der Waals surface area (Å²) in [5, 5.41) is 14.9. The molecule has 8 heteroatoms. The molecule has 0 bridgehead atoms. The monoisotopic (exact) mass is 371 g/mol. The van der Waals surface area contributed by atoms with Crippen LogP contribution in [0.5, 0.6) is 11.5 Å². The van der Waals surface area contributed by atoms with Gasteiger partial charge in [0.2, 0.25) is 0 Å². The van der Waals surface area contributed by atoms with Crippen molar-refractivity contribution in [2.45, 2.75) is 20.8 Å². The van der Waals surface area contributed by atoms with Gasteiger partial charge in [0.1, 0.15) is 0 Å². The predicted octanol–water partition coefficient (Wildman–Crippen LogP) is 3.46. The maximum absolute atomic E-state index is 12.2. The van der Waals surface area contributed by atoms with E-state index in [1.807, 2.05) is 13.8 Å². The Hall–Kier alpha value is -3.42. The van der Waals surface area contributed by atoms with Crippen LogP contribution in [0.2, 0.25) is 0 Å². The summed E-state index contributed by atoms with van der Waals surface area (Å²) in [4.78, 5) is 22.7. The standard InChI is InChI=1S/C19H21N3O5/c1-4-26-17-10-9-14(11-18(17)27-5-2)12-20-21-19(23)15-7-6-8-16(13(15)3)22(24)25/h6-12H,4-5H2,1-3H3,(H,21,23)/b20-12-. The number of benzene rings is 2. The van der Waals surface area contributed by atoms with Crippen molar-refractivity contribution in [3.05, 3.63) is 63.2 Å². The second-order valence-corrected chi connectivity index (χ2v) is 5.48. The molecule has 0 atom stereocenters. The van der Waals surface area contributed by atoms with Crippen LogP contribution >= 0.6 is 0 Å². The zero-order chi connectivity index (χ0) is 19.8. The molecule has 2 rings (SSSR count). The zero-order valence-corrected chi connectivity index (χ0v) is 15.4. The van der Waals surface area contributed by atoms with Gasteiger partial charge in [-0.15, -0.1) is 0 Å². The lowest BCUT2D eigenvalue weighted by Gasteiger charge is -2.11. The second kappa shape index (κ2) is 9.33. The summed E-state index contributed by atoms with van der Waals surface area (Å²) >= 11 is 0. The summed E-state index contributed by atoms with van der Waals surface area (Å²) in [7, 11) is 0. The minimum Gasteiger partial charge on any atom is -0.490 e. The van der Waals surface area contributed by atoms with E-state index in [0.29, 0.717) is 30.3 Å². The lowest BCUT2D eigenvalue weighted by molar-refractivity contribution is -0.385. The molecule has 0 aliphatic rings. The first-order valence-electron chi connectivity index (χ1n) is 8.45. The molecule has 0 aliphatic carbocycles. The molecular formula is C19H21N3O5. The number of nitro groups is 1. The van der Waals surface area contributed by atoms with Gasteiger partial charge in [-0.1, -0.05) is 6.07 Å². The van der Waals surface area contributed by atoms with Crippen molar-refractivity contribution < 1.29 is 19.2 Å². The first-order chi connectivity index (χ1) is 13.0. The predicted molar refractivity (Wildman–Crippen MR) is 102 cm³/mol. The molecule has 0 heterocycles. The highest BCUT2D eigenvalue weighted by molar-refractivity contribution is 5.97. The van der Waals surface area contributed by atoms with Crippen LogP contribution in [-0.2, 0) is 0 Å². The normalized spacial score (nSPS) is 10.6. The molecule has 0 aromatic heterocycles. The molecule has 0 radical (unpaired) electrons. The number of amides is 1. The van der Waals surface area contributed by atoms with E-state index in [-0.39, 0.29) is 16.8 Å². The Balaban J connectivity index is 2.13. The van der Waals surface area contributed by atoms with Crippen molar-refractivity contribution in [3.63, 3.8) is 0 Å². The fourth-order valence-corrected chi connectivity index (χ4v) is 2.44. The molecule has 27 heavy (non-hydrogen) atoms. The zero-order valence-electron chi connectivity index (χ0n) is 15.4. The van der Waals surface area contributed by atoms with Gasteiger partial charge in [-0.2, -0.15) is 5.10 Å². The molecule has 2 aromatic carbocycles. The fourth-order valence-electron chi connectivity index (χ4n) is 2.44. The molecule has 142 valence electrons. The number of rotatable bonds is 8. The van der Waals surface area contributed by atoms with Crippen LogP contribution in [0.1, 0.15) is 35.3 Å². The van der Waals surface area contributed by atoms with E-state index in [1.54, 1.807) is 18.2 Å². The summed E-state index contributed by atoms with van der Waals surface area (Å²) < 4.78 is 11.0. The highest BCUT2D eigenvalue weighted by Crippen LogP contribution is 2.28. The van der Waals surface area contributed by atoms with Gasteiger partial charge in [-0.3, -0.25) is 14.9 Å². The van der Waals surface area contributed by atoms with Crippen LogP contribution in [0.4, 0.5) is 5.69 Å². The Labute approximate surface area is 157 Å². The van der Waals surface area contributed by atoms with Crippen LogP contribution < -0.4 is 14.9 Å². The summed E-state index contributed by atoms with van der Waals surface area (Å²) in [6, 6.07) is 9.62. The molecule has 2 aromatic rings. The molecule has 8 nitrogen and oxygen atoms in total. The number of carbonyl (C=O) groups excluding carboxylic acids is 1. The maximum atomic E-state index is 12.2. The number of carbonyl (C=O) groups is 1. The quantitative estimate of drug-likeness (QED) is 0.435. The van der Waals surface area contributed by atoms with Crippen molar-refractivity contribution in [2.24, 2.45) is 5.10 Å². The van der Waals surface area contributed by atoms with Crippen molar-refractivity contribution in [3.8, 4) is 11.5 Å². The second-order valence-electron chi connectivity index (χ2n) is 5.48. The van der Waals surface area contributed by atoms with Crippen LogP contribution in [0.25, 0.3) is 0 Å². The van der Waals surface area contributed by atoms with Gasteiger partial charge >= 0.3 is 0 Å². The van der Waals surface area contributed by atoms with Crippen molar-refractivity contribution in [2.75, 3.05) is 13.2 Å². The third kappa shape index (κ3) is 5.04. The SMILES string of the molecule is CCOc1ccc(/C=N\NC(=O)c2cccc([N+](=O)[O-])c2C)cc1OCC. The summed E-state index contributed by atoms with van der Waals surface area (Å²) in [6.07, 6.45) is 1.46. The van der Waals surface area contributed by atoms with Crippen LogP contribution in [0, 0.1) is 17.0 Å². The van der Waals surface area contributed by atoms with Gasteiger partial charge in [0, 0.05) is 11.6 Å². The van der Waals surface area contributed by atoms with Gasteiger partial charge in [0.05, 0.1) is 29.9 Å². The molecular weight excluding hydrogens is 350 g/mol. The van der Waals surface area contributed by atoms with Gasteiger partial charge < -0.3 is 9.47 Å². The third-order valence-electron chi connectivity index (χ3n) is 3.69. The highest BCUT2D eigenvalue weighted by atomic mass is 16.6. The average molecular weight is 371 g/mol. The van der Waals surface area contributed by atoms with Gasteiger partial charge in [0.15, 0.2) is 11.5 Å². The Morgan fingerprint density at radius 1 is 1.19 bits per heavy atom. The lowest BCUT2D eigenvalue weighted by atomic mass is 10.1. The summed E-state index contributed by atoms with van der Waals surface area (Å²) in [6.45, 7) is 6.29. The van der Waals surface area contributed by atoms with E-state index in [4.69, 9.17) is 9.47 Å². The van der Waals surface area contributed by atoms with E-state index >= 15 is 0 Å². The summed E-state index contributed by atoms with van der Waals surface area (Å²) in [5.41, 5.74) is 3.46. The van der Waals surface area contributed by atoms with E-state index < -0.39 is 10.8 Å². The number of hydrogen-bond donors (Lipinski definition) is 1.